The maximum absolute atomic E-state index is 15.1. The van der Waals surface area contributed by atoms with Gasteiger partial charge >= 0.3 is 5.97 Å². The van der Waals surface area contributed by atoms with Crippen molar-refractivity contribution in [2.75, 3.05) is 53.5 Å². The summed E-state index contributed by atoms with van der Waals surface area (Å²) in [7, 11) is 3.72. The number of hydrogen-bond donors (Lipinski definition) is 1. The van der Waals surface area contributed by atoms with Crippen molar-refractivity contribution in [2.45, 2.75) is 31.0 Å². The minimum atomic E-state index is -1.72. The molecule has 1 aliphatic heterocycles. The van der Waals surface area contributed by atoms with Crippen LogP contribution in [0, 0.1) is 5.82 Å². The van der Waals surface area contributed by atoms with Crippen molar-refractivity contribution in [1.82, 2.24) is 29.7 Å². The molecular weight excluding hydrogens is 843 g/mol. The van der Waals surface area contributed by atoms with Crippen molar-refractivity contribution in [2.24, 2.45) is 0 Å². The molecule has 4 heterocycles. The van der Waals surface area contributed by atoms with E-state index >= 15 is 4.39 Å². The number of carboxylic acids is 1. The molecule has 2 atom stereocenters. The summed E-state index contributed by atoms with van der Waals surface area (Å²) < 4.78 is 40.8. The van der Waals surface area contributed by atoms with Crippen molar-refractivity contribution in [3.8, 4) is 34.5 Å². The average molecular weight is 885 g/mol. The molecule has 0 amide bonds. The van der Waals surface area contributed by atoms with Gasteiger partial charge in [0.05, 0.1) is 34.2 Å². The molecule has 2 aliphatic rings. The number of para-hydroxylation sites is 2. The molecule has 10 rings (SSSR count). The van der Waals surface area contributed by atoms with Crippen LogP contribution >= 0.6 is 22.9 Å². The Balaban J connectivity index is 1.00. The number of thiophene rings is 1. The standard InChI is InChI=1S/C48H42ClFN6O6S/c1-47(34-9-5-7-11-36(34)61-25-29-16-17-51-43(54-29)31-8-4-6-10-35(31)59-3)26-48(47,46(57)58)62-44-40-39-32-14-15-37(60-23-22-56-20-18-55(2)19-21-56)41(49)38(32)33-24-28(50)12-13-30(33)42(39)63-45(40)53-27-52-44/h4-17,24,27H,18-23,25-26H2,1-3H3,(H,57,58). The Morgan fingerprint density at radius 3 is 2.46 bits per heavy atom. The Kier molecular flexibility index (Phi) is 10.5. The first-order valence-electron chi connectivity index (χ1n) is 20.6. The lowest BCUT2D eigenvalue weighted by atomic mass is 9.92. The molecule has 3 aromatic heterocycles. The van der Waals surface area contributed by atoms with Gasteiger partial charge in [-0.05, 0) is 66.4 Å². The zero-order chi connectivity index (χ0) is 43.5. The first kappa shape index (κ1) is 40.9. The van der Waals surface area contributed by atoms with Gasteiger partial charge in [0.2, 0.25) is 11.5 Å². The number of likely N-dealkylation sites (N-methyl/N-ethyl adjacent to an activating group) is 1. The van der Waals surface area contributed by atoms with Crippen molar-refractivity contribution >= 4 is 70.8 Å². The summed E-state index contributed by atoms with van der Waals surface area (Å²) in [6, 6.07) is 25.1. The van der Waals surface area contributed by atoms with E-state index in [2.05, 4.69) is 31.8 Å². The quantitative estimate of drug-likeness (QED) is 0.111. The van der Waals surface area contributed by atoms with Crippen LogP contribution < -0.4 is 18.9 Å². The minimum Gasteiger partial charge on any atom is -0.496 e. The predicted octanol–water partition coefficient (Wildman–Crippen LogP) is 9.18. The normalized spacial score (nSPS) is 19.2. The van der Waals surface area contributed by atoms with Gasteiger partial charge in [0.15, 0.2) is 5.82 Å². The van der Waals surface area contributed by atoms with Gasteiger partial charge in [0.25, 0.3) is 0 Å². The van der Waals surface area contributed by atoms with Crippen LogP contribution in [0.2, 0.25) is 5.02 Å². The molecule has 5 aromatic carbocycles. The molecule has 2 unspecified atom stereocenters. The van der Waals surface area contributed by atoms with Gasteiger partial charge in [-0.1, -0.05) is 54.9 Å². The Bertz CT molecular complexity index is 3090. The van der Waals surface area contributed by atoms with Crippen LogP contribution in [-0.2, 0) is 16.8 Å². The fourth-order valence-electron chi connectivity index (χ4n) is 8.92. The average Bonchev–Trinajstić information content (AvgIpc) is 3.72. The number of fused-ring (bicyclic) bond motifs is 8. The number of halogens is 2. The highest BCUT2D eigenvalue weighted by Gasteiger charge is 2.74. The summed E-state index contributed by atoms with van der Waals surface area (Å²) in [6.45, 7) is 7.07. The molecule has 0 radical (unpaired) electrons. The Morgan fingerprint density at radius 1 is 0.873 bits per heavy atom. The lowest BCUT2D eigenvalue weighted by Crippen LogP contribution is -2.45. The van der Waals surface area contributed by atoms with E-state index in [1.165, 1.54) is 29.8 Å². The van der Waals surface area contributed by atoms with Crippen LogP contribution in [0.1, 0.15) is 24.6 Å². The second kappa shape index (κ2) is 16.2. The Hall–Kier alpha value is -6.19. The van der Waals surface area contributed by atoms with Crippen molar-refractivity contribution in [1.29, 1.82) is 0 Å². The third-order valence-corrected chi connectivity index (χ3v) is 14.0. The molecule has 1 saturated heterocycles. The lowest BCUT2D eigenvalue weighted by molar-refractivity contribution is -0.148. The van der Waals surface area contributed by atoms with Gasteiger partial charge in [-0.3, -0.25) is 4.90 Å². The molecule has 320 valence electrons. The zero-order valence-electron chi connectivity index (χ0n) is 34.7. The van der Waals surface area contributed by atoms with E-state index in [0.29, 0.717) is 72.3 Å². The van der Waals surface area contributed by atoms with Crippen LogP contribution in [0.5, 0.6) is 23.1 Å². The number of hydrogen-bond acceptors (Lipinski definition) is 12. The van der Waals surface area contributed by atoms with Crippen molar-refractivity contribution < 1.29 is 33.2 Å². The minimum absolute atomic E-state index is 0.0998. The van der Waals surface area contributed by atoms with E-state index < -0.39 is 22.8 Å². The number of methoxy groups -OCH3 is 1. The zero-order valence-corrected chi connectivity index (χ0v) is 36.3. The fraction of sp³-hybridized carbons (Fsp3) is 0.271. The summed E-state index contributed by atoms with van der Waals surface area (Å²) in [5.74, 6) is 0.706. The van der Waals surface area contributed by atoms with E-state index in [9.17, 15) is 9.90 Å². The summed E-state index contributed by atoms with van der Waals surface area (Å²) in [5, 5.41) is 15.4. The number of aliphatic carboxylic acids is 1. The van der Waals surface area contributed by atoms with Gasteiger partial charge in [0.1, 0.15) is 47.4 Å². The summed E-state index contributed by atoms with van der Waals surface area (Å²) in [4.78, 5) is 37.2. The molecule has 1 N–H and O–H groups in total. The van der Waals surface area contributed by atoms with Crippen LogP contribution in [-0.4, -0.2) is 99.9 Å². The smallest absolute Gasteiger partial charge is 0.349 e. The topological polar surface area (TPSA) is 132 Å². The third-order valence-electron chi connectivity index (χ3n) is 12.5. The number of piperazine rings is 1. The van der Waals surface area contributed by atoms with Gasteiger partial charge < -0.3 is 29.0 Å². The second-order valence-electron chi connectivity index (χ2n) is 16.2. The number of ether oxygens (including phenoxy) is 4. The van der Waals surface area contributed by atoms with Crippen molar-refractivity contribution in [3.63, 3.8) is 0 Å². The SMILES string of the molecule is COc1ccccc1-c1nccc(COc2ccccc2C2(C)CC2(Oc2ncnc3sc4c5ccc(F)cc5c5c(Cl)c(OCCN6CCN(C)CC6)ccc5c4c23)C(=O)O)n1. The van der Waals surface area contributed by atoms with Crippen LogP contribution in [0.4, 0.5) is 4.39 Å². The molecule has 1 saturated carbocycles. The van der Waals surface area contributed by atoms with Crippen molar-refractivity contribution in [3.05, 3.63) is 120 Å². The van der Waals surface area contributed by atoms with Gasteiger partial charge in [-0.2, -0.15) is 0 Å². The predicted molar refractivity (Wildman–Crippen MR) is 242 cm³/mol. The van der Waals surface area contributed by atoms with Crippen LogP contribution in [0.25, 0.3) is 53.2 Å². The Morgan fingerprint density at radius 2 is 1.65 bits per heavy atom. The Labute approximate surface area is 370 Å². The molecule has 63 heavy (non-hydrogen) atoms. The number of benzene rings is 5. The summed E-state index contributed by atoms with van der Waals surface area (Å²) in [6.07, 6.45) is 3.19. The van der Waals surface area contributed by atoms with E-state index in [1.807, 2.05) is 67.6 Å². The molecule has 1 aliphatic carbocycles. The fourth-order valence-corrected chi connectivity index (χ4v) is 10.4. The molecular formula is C48H42ClFN6O6S. The molecule has 0 spiro atoms. The van der Waals surface area contributed by atoms with E-state index in [0.717, 1.165) is 53.8 Å². The largest absolute Gasteiger partial charge is 0.496 e. The number of carbonyl (C=O) groups is 1. The van der Waals surface area contributed by atoms with E-state index in [1.54, 1.807) is 25.4 Å². The molecule has 8 aromatic rings. The number of nitrogens with zero attached hydrogens (tertiary/aromatic N) is 6. The first-order valence-corrected chi connectivity index (χ1v) is 21.8. The molecule has 0 bridgehead atoms. The summed E-state index contributed by atoms with van der Waals surface area (Å²) >= 11 is 8.64. The first-order chi connectivity index (χ1) is 30.6. The van der Waals surface area contributed by atoms with Gasteiger partial charge in [-0.25, -0.2) is 29.1 Å². The van der Waals surface area contributed by atoms with E-state index in [-0.39, 0.29) is 18.9 Å². The highest BCUT2D eigenvalue weighted by molar-refractivity contribution is 7.26. The highest BCUT2D eigenvalue weighted by Crippen LogP contribution is 2.62. The molecule has 12 nitrogen and oxygen atoms in total. The maximum Gasteiger partial charge on any atom is 0.349 e. The molecule has 15 heteroatoms. The number of rotatable bonds is 13. The maximum atomic E-state index is 15.1. The van der Waals surface area contributed by atoms with Crippen LogP contribution in [0.15, 0.2) is 97.5 Å². The highest BCUT2D eigenvalue weighted by atomic mass is 35.5. The monoisotopic (exact) mass is 884 g/mol. The van der Waals surface area contributed by atoms with E-state index in [4.69, 9.17) is 35.5 Å². The summed E-state index contributed by atoms with van der Waals surface area (Å²) in [5.41, 5.74) is -0.706. The molecule has 2 fully saturated rings. The number of aromatic nitrogens is 4. The van der Waals surface area contributed by atoms with Gasteiger partial charge in [0, 0.05) is 71.8 Å². The number of carboxylic acid groups (broad SMARTS) is 1. The van der Waals surface area contributed by atoms with Gasteiger partial charge in [-0.15, -0.1) is 11.3 Å². The second-order valence-corrected chi connectivity index (χ2v) is 17.6. The lowest BCUT2D eigenvalue weighted by Gasteiger charge is -2.32. The third kappa shape index (κ3) is 7.11. The van der Waals surface area contributed by atoms with Crippen LogP contribution in [0.3, 0.4) is 0 Å².